The highest BCUT2D eigenvalue weighted by atomic mass is 79.9. The SMILES string of the molecule is O=C(O)c1cc(Cl)c(Br)cn1. The minimum Gasteiger partial charge on any atom is -0.477 e. The smallest absolute Gasteiger partial charge is 0.354 e. The van der Waals surface area contributed by atoms with Gasteiger partial charge in [-0.2, -0.15) is 0 Å². The lowest BCUT2D eigenvalue weighted by atomic mass is 10.3. The number of hydrogen-bond donors (Lipinski definition) is 1. The molecule has 0 saturated carbocycles. The van der Waals surface area contributed by atoms with E-state index in [-0.39, 0.29) is 5.69 Å². The number of pyridine rings is 1. The predicted octanol–water partition coefficient (Wildman–Crippen LogP) is 2.20. The highest BCUT2D eigenvalue weighted by Gasteiger charge is 2.06. The fourth-order valence-electron chi connectivity index (χ4n) is 0.531. The Kier molecular flexibility index (Phi) is 2.46. The predicted molar refractivity (Wildman–Crippen MR) is 43.9 cm³/mol. The molecule has 0 unspecified atom stereocenters. The maximum atomic E-state index is 10.3. The third kappa shape index (κ3) is 1.91. The van der Waals surface area contributed by atoms with E-state index in [0.29, 0.717) is 9.50 Å². The van der Waals surface area contributed by atoms with Gasteiger partial charge in [0, 0.05) is 6.20 Å². The van der Waals surface area contributed by atoms with Gasteiger partial charge in [0.05, 0.1) is 9.50 Å². The van der Waals surface area contributed by atoms with Crippen molar-refractivity contribution >= 4 is 33.5 Å². The van der Waals surface area contributed by atoms with Crippen LogP contribution < -0.4 is 0 Å². The van der Waals surface area contributed by atoms with E-state index in [1.165, 1.54) is 12.3 Å². The second-order valence-corrected chi connectivity index (χ2v) is 3.05. The average molecular weight is 236 g/mol. The van der Waals surface area contributed by atoms with Gasteiger partial charge in [-0.25, -0.2) is 9.78 Å². The molecule has 5 heteroatoms. The normalized spacial score (nSPS) is 9.64. The zero-order chi connectivity index (χ0) is 8.43. The van der Waals surface area contributed by atoms with Crippen molar-refractivity contribution in [3.8, 4) is 0 Å². The van der Waals surface area contributed by atoms with E-state index in [4.69, 9.17) is 16.7 Å². The summed E-state index contributed by atoms with van der Waals surface area (Å²) in [6.07, 6.45) is 1.35. The number of carbonyl (C=O) groups is 1. The molecule has 0 aliphatic rings. The first-order chi connectivity index (χ1) is 5.11. The molecule has 1 aromatic rings. The first-order valence-electron chi connectivity index (χ1n) is 2.65. The van der Waals surface area contributed by atoms with Crippen molar-refractivity contribution in [1.82, 2.24) is 4.98 Å². The van der Waals surface area contributed by atoms with Crippen LogP contribution in [0, 0.1) is 0 Å². The van der Waals surface area contributed by atoms with E-state index >= 15 is 0 Å². The Morgan fingerprint density at radius 3 is 2.82 bits per heavy atom. The Bertz CT molecular complexity index is 303. The largest absolute Gasteiger partial charge is 0.477 e. The van der Waals surface area contributed by atoms with Crippen molar-refractivity contribution in [3.63, 3.8) is 0 Å². The molecular weight excluding hydrogens is 233 g/mol. The van der Waals surface area contributed by atoms with E-state index in [2.05, 4.69) is 20.9 Å². The zero-order valence-electron chi connectivity index (χ0n) is 5.21. The second kappa shape index (κ2) is 3.19. The molecule has 0 fully saturated rings. The number of carboxylic acids is 1. The lowest BCUT2D eigenvalue weighted by Crippen LogP contribution is -1.99. The molecule has 1 rings (SSSR count). The highest BCUT2D eigenvalue weighted by molar-refractivity contribution is 9.10. The van der Waals surface area contributed by atoms with Crippen LogP contribution in [0.1, 0.15) is 10.5 Å². The summed E-state index contributed by atoms with van der Waals surface area (Å²) in [6, 6.07) is 1.29. The summed E-state index contributed by atoms with van der Waals surface area (Å²) in [5, 5.41) is 8.81. The fourth-order valence-corrected chi connectivity index (χ4v) is 0.900. The molecule has 0 spiro atoms. The molecular formula is C6H3BrClNO2. The summed E-state index contributed by atoms with van der Waals surface area (Å²) >= 11 is 8.70. The van der Waals surface area contributed by atoms with E-state index in [0.717, 1.165) is 0 Å². The van der Waals surface area contributed by atoms with Crippen molar-refractivity contribution in [2.24, 2.45) is 0 Å². The summed E-state index contributed by atoms with van der Waals surface area (Å²) in [5.41, 5.74) is -0.0572. The first-order valence-corrected chi connectivity index (χ1v) is 3.82. The van der Waals surface area contributed by atoms with Gasteiger partial charge < -0.3 is 5.11 Å². The average Bonchev–Trinajstić information content (AvgIpc) is 1.94. The van der Waals surface area contributed by atoms with E-state index in [9.17, 15) is 4.79 Å². The van der Waals surface area contributed by atoms with Crippen molar-refractivity contribution in [2.75, 3.05) is 0 Å². The lowest BCUT2D eigenvalue weighted by Gasteiger charge is -1.95. The number of aromatic nitrogens is 1. The number of hydrogen-bond acceptors (Lipinski definition) is 2. The Labute approximate surface area is 76.1 Å². The molecule has 0 aliphatic heterocycles. The summed E-state index contributed by atoms with van der Waals surface area (Å²) in [5.74, 6) is -1.08. The number of rotatable bonds is 1. The highest BCUT2D eigenvalue weighted by Crippen LogP contribution is 2.21. The van der Waals surface area contributed by atoms with Gasteiger partial charge in [0.15, 0.2) is 0 Å². The number of halogens is 2. The monoisotopic (exact) mass is 235 g/mol. The molecule has 1 N–H and O–H groups in total. The maximum Gasteiger partial charge on any atom is 0.354 e. The van der Waals surface area contributed by atoms with Gasteiger partial charge in [-0.3, -0.25) is 0 Å². The Morgan fingerprint density at radius 1 is 1.73 bits per heavy atom. The number of nitrogens with zero attached hydrogens (tertiary/aromatic N) is 1. The third-order valence-electron chi connectivity index (χ3n) is 1.03. The molecule has 0 amide bonds. The molecule has 0 bridgehead atoms. The van der Waals surface area contributed by atoms with Crippen LogP contribution in [0.3, 0.4) is 0 Å². The number of carboxylic acid groups (broad SMARTS) is 1. The minimum atomic E-state index is -1.08. The summed E-state index contributed by atoms with van der Waals surface area (Å²) in [6.45, 7) is 0. The van der Waals surface area contributed by atoms with Crippen LogP contribution in [0.4, 0.5) is 0 Å². The van der Waals surface area contributed by atoms with Gasteiger partial charge >= 0.3 is 5.97 Å². The molecule has 58 valence electrons. The molecule has 0 aromatic carbocycles. The van der Waals surface area contributed by atoms with Crippen LogP contribution in [0.5, 0.6) is 0 Å². The molecule has 11 heavy (non-hydrogen) atoms. The molecule has 0 atom stereocenters. The lowest BCUT2D eigenvalue weighted by molar-refractivity contribution is 0.0690. The van der Waals surface area contributed by atoms with Crippen LogP contribution in [-0.2, 0) is 0 Å². The van der Waals surface area contributed by atoms with Crippen molar-refractivity contribution in [1.29, 1.82) is 0 Å². The van der Waals surface area contributed by atoms with Gasteiger partial charge in [0.1, 0.15) is 5.69 Å². The molecule has 0 aliphatic carbocycles. The molecule has 0 radical (unpaired) electrons. The van der Waals surface area contributed by atoms with Crippen molar-refractivity contribution in [2.45, 2.75) is 0 Å². The van der Waals surface area contributed by atoms with Crippen LogP contribution >= 0.6 is 27.5 Å². The van der Waals surface area contributed by atoms with Gasteiger partial charge in [-0.15, -0.1) is 0 Å². The maximum absolute atomic E-state index is 10.3. The van der Waals surface area contributed by atoms with Gasteiger partial charge in [0.2, 0.25) is 0 Å². The molecule has 1 heterocycles. The zero-order valence-corrected chi connectivity index (χ0v) is 7.56. The van der Waals surface area contributed by atoms with E-state index in [1.54, 1.807) is 0 Å². The van der Waals surface area contributed by atoms with Crippen LogP contribution in [0.25, 0.3) is 0 Å². The molecule has 0 saturated heterocycles. The van der Waals surface area contributed by atoms with Crippen LogP contribution in [-0.4, -0.2) is 16.1 Å². The fraction of sp³-hybridized carbons (Fsp3) is 0. The molecule has 1 aromatic heterocycles. The van der Waals surface area contributed by atoms with Gasteiger partial charge in [-0.05, 0) is 22.0 Å². The van der Waals surface area contributed by atoms with Crippen LogP contribution in [0.2, 0.25) is 5.02 Å². The van der Waals surface area contributed by atoms with Crippen molar-refractivity contribution < 1.29 is 9.90 Å². The third-order valence-corrected chi connectivity index (χ3v) is 2.20. The second-order valence-electron chi connectivity index (χ2n) is 1.79. The summed E-state index contributed by atoms with van der Waals surface area (Å²) in [4.78, 5) is 13.9. The number of aromatic carboxylic acids is 1. The van der Waals surface area contributed by atoms with Crippen molar-refractivity contribution in [3.05, 3.63) is 27.5 Å². The Morgan fingerprint density at radius 2 is 2.36 bits per heavy atom. The quantitative estimate of drug-likeness (QED) is 0.813. The van der Waals surface area contributed by atoms with Gasteiger partial charge in [0.25, 0.3) is 0 Å². The minimum absolute atomic E-state index is 0.0572. The topological polar surface area (TPSA) is 50.2 Å². The molecule has 3 nitrogen and oxygen atoms in total. The summed E-state index contributed by atoms with van der Waals surface area (Å²) in [7, 11) is 0. The summed E-state index contributed by atoms with van der Waals surface area (Å²) < 4.78 is 0.587. The van der Waals surface area contributed by atoms with E-state index < -0.39 is 5.97 Å². The standard InChI is InChI=1S/C6H3BrClNO2/c7-3-2-9-5(6(10)11)1-4(3)8/h1-2H,(H,10,11). The Balaban J connectivity index is 3.15. The van der Waals surface area contributed by atoms with Gasteiger partial charge in [-0.1, -0.05) is 11.6 Å². The first kappa shape index (κ1) is 8.49. The Hall–Kier alpha value is -0.610. The van der Waals surface area contributed by atoms with E-state index in [1.807, 2.05) is 0 Å². The van der Waals surface area contributed by atoms with Crippen LogP contribution in [0.15, 0.2) is 16.7 Å².